The monoisotopic (exact) mass is 912 g/mol. The first-order chi connectivity index (χ1) is 31.7. The molecular formula is C48H60N6O12. The zero-order valence-electron chi connectivity index (χ0n) is 38.0. The van der Waals surface area contributed by atoms with Crippen molar-refractivity contribution in [3.05, 3.63) is 101 Å². The third-order valence-corrected chi connectivity index (χ3v) is 10.8. The number of aliphatic hydroxyl groups is 2. The summed E-state index contributed by atoms with van der Waals surface area (Å²) in [5.41, 5.74) is 9.90. The summed E-state index contributed by atoms with van der Waals surface area (Å²) in [6.07, 6.45) is 7.06. The molecule has 0 fully saturated rings. The van der Waals surface area contributed by atoms with Gasteiger partial charge in [0.2, 0.25) is 11.8 Å². The SMILES string of the molecule is C=CCC(=O)NC(C)C(=O)Nc1ccc(COC(=O)Nc2cc(OCCCCCOc3cc(N)c(C(=O)N4C=C(C)CC4CO)cc3OC)c(OC)cc2C(=O)N2C=C(C)CC2CO)cc1. The summed E-state index contributed by atoms with van der Waals surface area (Å²) in [5, 5.41) is 27.8. The van der Waals surface area contributed by atoms with E-state index in [1.807, 2.05) is 13.8 Å². The number of aliphatic hydroxyl groups excluding tert-OH is 2. The number of nitrogens with zero attached hydrogens (tertiary/aromatic N) is 2. The molecule has 66 heavy (non-hydrogen) atoms. The Morgan fingerprint density at radius 2 is 1.33 bits per heavy atom. The van der Waals surface area contributed by atoms with Gasteiger partial charge >= 0.3 is 6.09 Å². The predicted molar refractivity (Wildman–Crippen MR) is 247 cm³/mol. The molecule has 3 unspecified atom stereocenters. The molecule has 2 heterocycles. The molecule has 0 radical (unpaired) electrons. The van der Waals surface area contributed by atoms with Crippen molar-refractivity contribution in [1.29, 1.82) is 0 Å². The second kappa shape index (κ2) is 23.8. The van der Waals surface area contributed by atoms with Gasteiger partial charge in [0, 0.05) is 42.3 Å². The highest BCUT2D eigenvalue weighted by Crippen LogP contribution is 2.37. The fourth-order valence-corrected chi connectivity index (χ4v) is 7.38. The van der Waals surface area contributed by atoms with Crippen molar-refractivity contribution in [3.8, 4) is 23.0 Å². The van der Waals surface area contributed by atoms with Crippen molar-refractivity contribution in [3.63, 3.8) is 0 Å². The van der Waals surface area contributed by atoms with E-state index < -0.39 is 30.0 Å². The average Bonchev–Trinajstić information content (AvgIpc) is 3.89. The van der Waals surface area contributed by atoms with Crippen LogP contribution in [0.15, 0.2) is 84.7 Å². The number of amides is 5. The molecule has 0 spiro atoms. The van der Waals surface area contributed by atoms with Crippen LogP contribution in [0, 0.1) is 0 Å². The molecule has 0 aromatic heterocycles. The van der Waals surface area contributed by atoms with E-state index in [1.54, 1.807) is 55.7 Å². The maximum absolute atomic E-state index is 14.0. The van der Waals surface area contributed by atoms with Gasteiger partial charge in [0.25, 0.3) is 11.8 Å². The van der Waals surface area contributed by atoms with E-state index in [2.05, 4.69) is 22.5 Å². The van der Waals surface area contributed by atoms with Crippen LogP contribution in [0.5, 0.6) is 23.0 Å². The van der Waals surface area contributed by atoms with Gasteiger partial charge in [-0.15, -0.1) is 6.58 Å². The van der Waals surface area contributed by atoms with Gasteiger partial charge in [-0.2, -0.15) is 0 Å². The van der Waals surface area contributed by atoms with Crippen molar-refractivity contribution in [2.24, 2.45) is 0 Å². The smallest absolute Gasteiger partial charge is 0.411 e. The molecule has 3 atom stereocenters. The molecule has 5 rings (SSSR count). The number of methoxy groups -OCH3 is 2. The number of carbonyl (C=O) groups excluding carboxylic acids is 5. The molecular weight excluding hydrogens is 853 g/mol. The van der Waals surface area contributed by atoms with Crippen LogP contribution in [-0.2, 0) is 20.9 Å². The maximum Gasteiger partial charge on any atom is 0.411 e. The van der Waals surface area contributed by atoms with Gasteiger partial charge in [-0.3, -0.25) is 24.5 Å². The minimum Gasteiger partial charge on any atom is -0.493 e. The Balaban J connectivity index is 1.19. The van der Waals surface area contributed by atoms with Crippen molar-refractivity contribution < 1.29 is 57.9 Å². The number of benzene rings is 3. The highest BCUT2D eigenvalue weighted by atomic mass is 16.5. The molecule has 5 amide bonds. The van der Waals surface area contributed by atoms with Crippen LogP contribution in [0.2, 0.25) is 0 Å². The first-order valence-electron chi connectivity index (χ1n) is 21.6. The summed E-state index contributed by atoms with van der Waals surface area (Å²) in [6, 6.07) is 11.0. The number of carbonyl (C=O) groups is 5. The first kappa shape index (κ1) is 50.0. The van der Waals surface area contributed by atoms with E-state index in [0.29, 0.717) is 61.5 Å². The largest absolute Gasteiger partial charge is 0.493 e. The number of hydrogen-bond donors (Lipinski definition) is 6. The minimum absolute atomic E-state index is 0.0819. The lowest BCUT2D eigenvalue weighted by Gasteiger charge is -2.24. The summed E-state index contributed by atoms with van der Waals surface area (Å²) in [7, 11) is 2.91. The van der Waals surface area contributed by atoms with Gasteiger partial charge in [0.15, 0.2) is 23.0 Å². The summed E-state index contributed by atoms with van der Waals surface area (Å²) in [5.74, 6) is -0.316. The molecule has 0 saturated carbocycles. The number of rotatable bonds is 22. The van der Waals surface area contributed by atoms with E-state index in [4.69, 9.17) is 29.4 Å². The summed E-state index contributed by atoms with van der Waals surface area (Å²) >= 11 is 0. The van der Waals surface area contributed by atoms with Crippen LogP contribution in [0.4, 0.5) is 21.9 Å². The number of ether oxygens (including phenoxy) is 5. The third-order valence-electron chi connectivity index (χ3n) is 10.8. The second-order valence-electron chi connectivity index (χ2n) is 16.0. The first-order valence-corrected chi connectivity index (χ1v) is 21.6. The van der Waals surface area contributed by atoms with Gasteiger partial charge in [0.1, 0.15) is 12.6 Å². The number of nitrogens with two attached hydrogens (primary N) is 1. The molecule has 2 aliphatic rings. The Morgan fingerprint density at radius 3 is 1.88 bits per heavy atom. The number of anilines is 3. The van der Waals surface area contributed by atoms with Crippen molar-refractivity contribution in [2.75, 3.05) is 57.0 Å². The number of nitrogen functional groups attached to an aromatic ring is 1. The lowest BCUT2D eigenvalue weighted by atomic mass is 10.1. The Labute approximate surface area is 384 Å². The lowest BCUT2D eigenvalue weighted by Crippen LogP contribution is -2.41. The highest BCUT2D eigenvalue weighted by molar-refractivity contribution is 6.04. The van der Waals surface area contributed by atoms with Crippen LogP contribution in [0.1, 0.15) is 85.6 Å². The third kappa shape index (κ3) is 13.0. The van der Waals surface area contributed by atoms with Crippen molar-refractivity contribution in [1.82, 2.24) is 15.1 Å². The van der Waals surface area contributed by atoms with Crippen LogP contribution >= 0.6 is 0 Å². The van der Waals surface area contributed by atoms with Crippen molar-refractivity contribution >= 4 is 46.8 Å². The Morgan fingerprint density at radius 1 is 0.788 bits per heavy atom. The number of unbranched alkanes of at least 4 members (excludes halogenated alkanes) is 2. The molecule has 18 nitrogen and oxygen atoms in total. The number of hydrogen-bond acceptors (Lipinski definition) is 13. The van der Waals surface area contributed by atoms with Crippen LogP contribution in [0.3, 0.4) is 0 Å². The molecule has 3 aromatic rings. The quantitative estimate of drug-likeness (QED) is 0.0391. The molecule has 18 heteroatoms. The van der Waals surface area contributed by atoms with E-state index in [1.165, 1.54) is 42.2 Å². The molecule has 2 aliphatic heterocycles. The number of nitrogens with one attached hydrogen (secondary N) is 3. The average molecular weight is 913 g/mol. The van der Waals surface area contributed by atoms with Crippen molar-refractivity contribution in [2.45, 2.75) is 84.0 Å². The van der Waals surface area contributed by atoms with E-state index >= 15 is 0 Å². The maximum atomic E-state index is 14.0. The molecule has 354 valence electrons. The summed E-state index contributed by atoms with van der Waals surface area (Å²) in [6.45, 7) is 8.82. The van der Waals surface area contributed by atoms with Gasteiger partial charge in [-0.25, -0.2) is 4.79 Å². The van der Waals surface area contributed by atoms with Crippen LogP contribution in [0.25, 0.3) is 0 Å². The molecule has 0 saturated heterocycles. The zero-order chi connectivity index (χ0) is 47.9. The van der Waals surface area contributed by atoms with Gasteiger partial charge in [0.05, 0.1) is 69.5 Å². The Hall–Kier alpha value is -7.05. The van der Waals surface area contributed by atoms with E-state index in [-0.39, 0.29) is 84.7 Å². The minimum atomic E-state index is -0.859. The standard InChI is InChI=1S/C48H60N6O12/c1-7-11-44(57)50-31(4)45(58)51-33-14-12-32(13-15-33)28-66-48(61)52-39-23-43(41(63-6)21-37(39)47(60)54-25-30(3)19-35(54)27-56)65-17-10-8-9-16-64-42-22-38(49)36(20-40(42)62-5)46(59)53-24-29(2)18-34(53)26-55/h7,12-15,20-25,31,34-35,55-56H,1,8-11,16-19,26-28,49H2,2-6H3,(H,50,57)(H,51,58)(H,52,61). The van der Waals surface area contributed by atoms with Gasteiger partial charge in [-0.1, -0.05) is 29.4 Å². The Kier molecular flexibility index (Phi) is 18.0. The summed E-state index contributed by atoms with van der Waals surface area (Å²) in [4.78, 5) is 67.8. The summed E-state index contributed by atoms with van der Waals surface area (Å²) < 4.78 is 28.8. The van der Waals surface area contributed by atoms with E-state index in [0.717, 1.165) is 11.1 Å². The Bertz CT molecular complexity index is 2310. The van der Waals surface area contributed by atoms with Gasteiger partial charge in [-0.05, 0) is 82.7 Å². The normalized spacial score (nSPS) is 15.8. The molecule has 0 bridgehead atoms. The van der Waals surface area contributed by atoms with Crippen LogP contribution in [-0.4, -0.2) is 109 Å². The van der Waals surface area contributed by atoms with Gasteiger partial charge < -0.3 is 60.1 Å². The topological polar surface area (TPSA) is 241 Å². The highest BCUT2D eigenvalue weighted by Gasteiger charge is 2.32. The lowest BCUT2D eigenvalue weighted by molar-refractivity contribution is -0.125. The second-order valence-corrected chi connectivity index (χ2v) is 16.0. The van der Waals surface area contributed by atoms with Crippen LogP contribution < -0.4 is 40.6 Å². The fourth-order valence-electron chi connectivity index (χ4n) is 7.38. The zero-order valence-corrected chi connectivity index (χ0v) is 38.0. The fraction of sp³-hybridized carbons (Fsp3) is 0.396. The van der Waals surface area contributed by atoms with E-state index in [9.17, 15) is 34.2 Å². The predicted octanol–water partition coefficient (Wildman–Crippen LogP) is 5.90. The molecule has 3 aromatic carbocycles. The molecule has 0 aliphatic carbocycles. The molecule has 7 N–H and O–H groups in total.